The van der Waals surface area contributed by atoms with E-state index in [1.165, 1.54) is 0 Å². The van der Waals surface area contributed by atoms with Crippen LogP contribution in [-0.2, 0) is 11.3 Å². The zero-order valence-corrected chi connectivity index (χ0v) is 11.2. The van der Waals surface area contributed by atoms with E-state index in [9.17, 15) is 4.79 Å². The minimum Gasteiger partial charge on any atom is -0.457 e. The molecule has 2 rings (SSSR count). The summed E-state index contributed by atoms with van der Waals surface area (Å²) < 4.78 is 9.18. The summed E-state index contributed by atoms with van der Waals surface area (Å²) >= 11 is 6.93. The maximum atomic E-state index is 11.8. The van der Waals surface area contributed by atoms with Gasteiger partial charge in [-0.2, -0.15) is 4.37 Å². The summed E-state index contributed by atoms with van der Waals surface area (Å²) in [5.41, 5.74) is 7.44. The van der Waals surface area contributed by atoms with Crippen molar-refractivity contribution in [3.63, 3.8) is 0 Å². The van der Waals surface area contributed by atoms with Gasteiger partial charge in [0.05, 0.1) is 5.69 Å². The molecule has 0 aliphatic carbocycles. The van der Waals surface area contributed by atoms with Crippen molar-refractivity contribution in [2.24, 2.45) is 0 Å². The van der Waals surface area contributed by atoms with Crippen molar-refractivity contribution >= 4 is 34.1 Å². The minimum atomic E-state index is -0.460. The van der Waals surface area contributed by atoms with Gasteiger partial charge in [0, 0.05) is 5.02 Å². The van der Waals surface area contributed by atoms with E-state index in [0.717, 1.165) is 17.1 Å². The highest BCUT2D eigenvalue weighted by molar-refractivity contribution is 7.10. The molecule has 0 spiro atoms. The highest BCUT2D eigenvalue weighted by Gasteiger charge is 2.17. The number of esters is 1. The summed E-state index contributed by atoms with van der Waals surface area (Å²) in [7, 11) is 0. The van der Waals surface area contributed by atoms with Crippen molar-refractivity contribution in [3.8, 4) is 0 Å². The van der Waals surface area contributed by atoms with E-state index in [1.807, 2.05) is 6.07 Å². The van der Waals surface area contributed by atoms with Crippen LogP contribution in [0.4, 0.5) is 5.00 Å². The molecule has 0 bridgehead atoms. The average Bonchev–Trinajstić information content (AvgIpc) is 2.66. The number of hydrogen-bond donors (Lipinski definition) is 1. The Morgan fingerprint density at radius 3 is 2.94 bits per heavy atom. The predicted molar refractivity (Wildman–Crippen MR) is 71.8 cm³/mol. The normalized spacial score (nSPS) is 10.3. The zero-order valence-electron chi connectivity index (χ0n) is 9.64. The number of carbonyl (C=O) groups excluding carboxylic acids is 1. The second-order valence-electron chi connectivity index (χ2n) is 3.71. The number of anilines is 1. The fourth-order valence-corrected chi connectivity index (χ4v) is 2.35. The van der Waals surface area contributed by atoms with E-state index in [2.05, 4.69) is 4.37 Å². The molecule has 0 atom stereocenters. The van der Waals surface area contributed by atoms with Gasteiger partial charge in [0.1, 0.15) is 17.2 Å². The van der Waals surface area contributed by atoms with Crippen LogP contribution in [0.15, 0.2) is 24.3 Å². The molecule has 1 aromatic carbocycles. The van der Waals surface area contributed by atoms with Crippen LogP contribution in [0.1, 0.15) is 21.6 Å². The lowest BCUT2D eigenvalue weighted by Crippen LogP contribution is -2.08. The molecule has 1 heterocycles. The summed E-state index contributed by atoms with van der Waals surface area (Å²) in [5, 5.41) is 0.986. The number of nitrogens with two attached hydrogens (primary N) is 1. The van der Waals surface area contributed by atoms with Crippen LogP contribution in [0.25, 0.3) is 0 Å². The van der Waals surface area contributed by atoms with Gasteiger partial charge < -0.3 is 10.5 Å². The molecule has 4 nitrogen and oxygen atoms in total. The quantitative estimate of drug-likeness (QED) is 0.879. The monoisotopic (exact) mass is 282 g/mol. The number of ether oxygens (including phenoxy) is 1. The number of halogens is 1. The molecule has 0 radical (unpaired) electrons. The molecule has 18 heavy (non-hydrogen) atoms. The smallest absolute Gasteiger partial charge is 0.343 e. The first-order chi connectivity index (χ1) is 8.58. The van der Waals surface area contributed by atoms with Crippen molar-refractivity contribution in [1.29, 1.82) is 0 Å². The Bertz CT molecular complexity index is 564. The summed E-state index contributed by atoms with van der Waals surface area (Å²) in [6.45, 7) is 1.89. The van der Waals surface area contributed by atoms with Crippen LogP contribution in [0, 0.1) is 6.92 Å². The molecule has 0 saturated carbocycles. The van der Waals surface area contributed by atoms with Crippen molar-refractivity contribution in [2.75, 3.05) is 5.73 Å². The Balaban J connectivity index is 2.05. The van der Waals surface area contributed by atoms with Crippen LogP contribution in [-0.4, -0.2) is 10.3 Å². The Morgan fingerprint density at radius 2 is 2.33 bits per heavy atom. The third-order valence-corrected chi connectivity index (χ3v) is 3.35. The van der Waals surface area contributed by atoms with E-state index >= 15 is 0 Å². The molecule has 94 valence electrons. The Kier molecular flexibility index (Phi) is 3.84. The number of hydrogen-bond acceptors (Lipinski definition) is 5. The van der Waals surface area contributed by atoms with Crippen LogP contribution < -0.4 is 5.73 Å². The van der Waals surface area contributed by atoms with E-state index in [-0.39, 0.29) is 6.61 Å². The Morgan fingerprint density at radius 1 is 1.56 bits per heavy atom. The van der Waals surface area contributed by atoms with Crippen LogP contribution in [0.5, 0.6) is 0 Å². The van der Waals surface area contributed by atoms with E-state index in [1.54, 1.807) is 25.1 Å². The second kappa shape index (κ2) is 5.37. The van der Waals surface area contributed by atoms with Gasteiger partial charge in [-0.15, -0.1) is 0 Å². The molecular weight excluding hydrogens is 272 g/mol. The lowest BCUT2D eigenvalue weighted by atomic mass is 10.2. The Hall–Kier alpha value is -1.59. The third kappa shape index (κ3) is 2.80. The third-order valence-electron chi connectivity index (χ3n) is 2.35. The number of aromatic nitrogens is 1. The highest BCUT2D eigenvalue weighted by atomic mass is 35.5. The number of nitrogens with zero attached hydrogens (tertiary/aromatic N) is 1. The molecule has 1 aromatic heterocycles. The van der Waals surface area contributed by atoms with Crippen molar-refractivity contribution < 1.29 is 9.53 Å². The predicted octanol–water partition coefficient (Wildman–Crippen LogP) is 3.04. The van der Waals surface area contributed by atoms with Crippen LogP contribution in [0.2, 0.25) is 5.02 Å². The van der Waals surface area contributed by atoms with Crippen molar-refractivity contribution in [2.45, 2.75) is 13.5 Å². The first-order valence-corrected chi connectivity index (χ1v) is 6.36. The molecule has 0 amide bonds. The van der Waals surface area contributed by atoms with Crippen LogP contribution >= 0.6 is 23.1 Å². The molecule has 2 N–H and O–H groups in total. The molecule has 2 aromatic rings. The van der Waals surface area contributed by atoms with E-state index < -0.39 is 5.97 Å². The van der Waals surface area contributed by atoms with Gasteiger partial charge in [-0.1, -0.05) is 23.7 Å². The topological polar surface area (TPSA) is 65.2 Å². The molecule has 0 fully saturated rings. The van der Waals surface area contributed by atoms with E-state index in [4.69, 9.17) is 22.1 Å². The average molecular weight is 283 g/mol. The summed E-state index contributed by atoms with van der Waals surface area (Å²) in [6, 6.07) is 7.15. The summed E-state index contributed by atoms with van der Waals surface area (Å²) in [5.74, 6) is -0.460. The number of carbonyl (C=O) groups is 1. The standard InChI is InChI=1S/C12H11ClN2O2S/c1-7-10(11(14)18-15-7)12(16)17-6-8-3-2-4-9(13)5-8/h2-5H,6,14H2,1H3. The molecule has 6 heteroatoms. The summed E-state index contributed by atoms with van der Waals surface area (Å²) in [4.78, 5) is 11.8. The van der Waals surface area contributed by atoms with E-state index in [0.29, 0.717) is 21.3 Å². The van der Waals surface area contributed by atoms with Gasteiger partial charge in [-0.05, 0) is 36.2 Å². The van der Waals surface area contributed by atoms with Crippen molar-refractivity contribution in [3.05, 3.63) is 46.1 Å². The first kappa shape index (κ1) is 12.9. The summed E-state index contributed by atoms with van der Waals surface area (Å²) in [6.07, 6.45) is 0. The van der Waals surface area contributed by atoms with Gasteiger partial charge in [0.25, 0.3) is 0 Å². The van der Waals surface area contributed by atoms with Gasteiger partial charge in [-0.3, -0.25) is 0 Å². The molecule has 0 saturated heterocycles. The van der Waals surface area contributed by atoms with Gasteiger partial charge in [0.2, 0.25) is 0 Å². The first-order valence-electron chi connectivity index (χ1n) is 5.21. The number of aryl methyl sites for hydroxylation is 1. The molecule has 0 unspecified atom stereocenters. The second-order valence-corrected chi connectivity index (χ2v) is 4.95. The van der Waals surface area contributed by atoms with Gasteiger partial charge in [-0.25, -0.2) is 4.79 Å². The van der Waals surface area contributed by atoms with Crippen molar-refractivity contribution in [1.82, 2.24) is 4.37 Å². The zero-order chi connectivity index (χ0) is 13.1. The maximum absolute atomic E-state index is 11.8. The molecule has 0 aliphatic heterocycles. The minimum absolute atomic E-state index is 0.161. The Labute approximate surface area is 114 Å². The fraction of sp³-hybridized carbons (Fsp3) is 0.167. The SMILES string of the molecule is Cc1nsc(N)c1C(=O)OCc1cccc(Cl)c1. The van der Waals surface area contributed by atoms with Gasteiger partial charge >= 0.3 is 5.97 Å². The number of benzene rings is 1. The highest BCUT2D eigenvalue weighted by Crippen LogP contribution is 2.22. The number of rotatable bonds is 3. The van der Waals surface area contributed by atoms with Gasteiger partial charge in [0.15, 0.2) is 0 Å². The largest absolute Gasteiger partial charge is 0.457 e. The molecule has 0 aliphatic rings. The number of nitrogen functional groups attached to an aromatic ring is 1. The lowest BCUT2D eigenvalue weighted by molar-refractivity contribution is 0.0473. The lowest BCUT2D eigenvalue weighted by Gasteiger charge is -2.05. The fourth-order valence-electron chi connectivity index (χ4n) is 1.48. The maximum Gasteiger partial charge on any atom is 0.343 e. The molecular formula is C12H11ClN2O2S. The van der Waals surface area contributed by atoms with Crippen LogP contribution in [0.3, 0.4) is 0 Å².